The first-order valence-corrected chi connectivity index (χ1v) is 8.04. The van der Waals surface area contributed by atoms with Gasteiger partial charge in [0.15, 0.2) is 0 Å². The predicted octanol–water partition coefficient (Wildman–Crippen LogP) is 3.22. The maximum Gasteiger partial charge on any atom is 0.379 e. The summed E-state index contributed by atoms with van der Waals surface area (Å²) in [5.41, 5.74) is 3.37. The molecule has 0 aromatic heterocycles. The van der Waals surface area contributed by atoms with E-state index in [4.69, 9.17) is 4.74 Å². The van der Waals surface area contributed by atoms with Crippen molar-refractivity contribution in [3.8, 4) is 0 Å². The number of carbonyl (C=O) groups excluding carboxylic acids is 2. The monoisotopic (exact) mass is 321 g/mol. The number of benzene rings is 2. The normalized spacial score (nSPS) is 13.5. The number of para-hydroxylation sites is 1. The molecule has 0 fully saturated rings. The Morgan fingerprint density at radius 2 is 1.79 bits per heavy atom. The quantitative estimate of drug-likeness (QED) is 0.482. The number of ether oxygens (including phenoxy) is 1. The second kappa shape index (κ2) is 7.13. The van der Waals surface area contributed by atoms with Gasteiger partial charge in [0, 0.05) is 18.4 Å². The summed E-state index contributed by atoms with van der Waals surface area (Å²) in [5.74, 6) is -1.44. The molecule has 2 aromatic rings. The number of Topliss-reactive ketones (excluding diaryl/α,β-unsaturated/α-hetero) is 1. The van der Waals surface area contributed by atoms with Crippen LogP contribution in [0.2, 0.25) is 0 Å². The van der Waals surface area contributed by atoms with Crippen LogP contribution >= 0.6 is 0 Å². The summed E-state index contributed by atoms with van der Waals surface area (Å²) in [7, 11) is 0. The number of hydrogen-bond donors (Lipinski definition) is 0. The molecule has 4 nitrogen and oxygen atoms in total. The summed E-state index contributed by atoms with van der Waals surface area (Å²) in [6.45, 7) is 2.65. The molecule has 0 aliphatic carbocycles. The van der Waals surface area contributed by atoms with Crippen LogP contribution in [-0.2, 0) is 20.7 Å². The average molecular weight is 321 g/mol. The molecule has 122 valence electrons. The van der Waals surface area contributed by atoms with Gasteiger partial charge in [-0.3, -0.25) is 4.79 Å². The maximum absolute atomic E-state index is 12.6. The minimum atomic E-state index is -0.819. The lowest BCUT2D eigenvalue weighted by atomic mass is 10.0. The van der Waals surface area contributed by atoms with Crippen LogP contribution in [0.1, 0.15) is 18.1 Å². The van der Waals surface area contributed by atoms with E-state index >= 15 is 0 Å². The van der Waals surface area contributed by atoms with Gasteiger partial charge in [0.2, 0.25) is 0 Å². The van der Waals surface area contributed by atoms with Crippen molar-refractivity contribution in [1.82, 2.24) is 0 Å². The Morgan fingerprint density at radius 3 is 2.54 bits per heavy atom. The first-order valence-electron chi connectivity index (χ1n) is 8.04. The fourth-order valence-corrected chi connectivity index (χ4v) is 2.84. The number of ketones is 1. The number of esters is 1. The van der Waals surface area contributed by atoms with Crippen molar-refractivity contribution in [3.05, 3.63) is 71.9 Å². The molecule has 0 saturated carbocycles. The van der Waals surface area contributed by atoms with Gasteiger partial charge >= 0.3 is 5.97 Å². The summed E-state index contributed by atoms with van der Waals surface area (Å²) >= 11 is 0. The molecule has 0 N–H and O–H groups in total. The van der Waals surface area contributed by atoms with Gasteiger partial charge in [-0.25, -0.2) is 4.79 Å². The van der Waals surface area contributed by atoms with Gasteiger partial charge < -0.3 is 9.64 Å². The molecule has 2 aromatic carbocycles. The molecule has 0 amide bonds. The molecular weight excluding hydrogens is 302 g/mol. The molecule has 0 saturated heterocycles. The van der Waals surface area contributed by atoms with Gasteiger partial charge in [0.1, 0.15) is 0 Å². The molecule has 0 atom stereocenters. The van der Waals surface area contributed by atoms with Crippen molar-refractivity contribution in [2.24, 2.45) is 0 Å². The van der Waals surface area contributed by atoms with Crippen molar-refractivity contribution in [3.63, 3.8) is 0 Å². The average Bonchev–Trinajstić information content (AvgIpc) is 3.03. The fraction of sp³-hybridized carbons (Fsp3) is 0.200. The van der Waals surface area contributed by atoms with Crippen molar-refractivity contribution < 1.29 is 14.3 Å². The molecule has 1 aliphatic rings. The largest absolute Gasteiger partial charge is 0.460 e. The Morgan fingerprint density at radius 1 is 1.08 bits per heavy atom. The first kappa shape index (κ1) is 16.0. The van der Waals surface area contributed by atoms with Crippen LogP contribution in [0.5, 0.6) is 0 Å². The standard InChI is InChI=1S/C20H19NO3/c1-2-24-20(23)19(22)17(15-8-4-3-5-9-15)14-21-13-12-16-10-6-7-11-18(16)21/h3-11,14H,2,12-13H2,1H3/b17-14-. The SMILES string of the molecule is CCOC(=O)C(=O)/C(=C\N1CCc2ccccc21)c1ccccc1. The van der Waals surface area contributed by atoms with Gasteiger partial charge in [0.05, 0.1) is 12.2 Å². The number of rotatable bonds is 5. The third kappa shape index (κ3) is 3.23. The van der Waals surface area contributed by atoms with Crippen LogP contribution < -0.4 is 4.90 Å². The lowest BCUT2D eigenvalue weighted by Crippen LogP contribution is -2.22. The third-order valence-electron chi connectivity index (χ3n) is 4.00. The first-order chi connectivity index (χ1) is 11.7. The Hall–Kier alpha value is -2.88. The smallest absolute Gasteiger partial charge is 0.379 e. The highest BCUT2D eigenvalue weighted by molar-refractivity contribution is 6.51. The number of nitrogens with zero attached hydrogens (tertiary/aromatic N) is 1. The van der Waals surface area contributed by atoms with E-state index in [2.05, 4.69) is 6.07 Å². The molecule has 0 spiro atoms. The van der Waals surface area contributed by atoms with E-state index in [1.54, 1.807) is 13.1 Å². The summed E-state index contributed by atoms with van der Waals surface area (Å²) in [6.07, 6.45) is 2.68. The molecule has 0 radical (unpaired) electrons. The van der Waals surface area contributed by atoms with Gasteiger partial charge in [-0.2, -0.15) is 0 Å². The zero-order chi connectivity index (χ0) is 16.9. The van der Waals surface area contributed by atoms with E-state index < -0.39 is 11.8 Å². The highest BCUT2D eigenvalue weighted by atomic mass is 16.5. The second-order valence-electron chi connectivity index (χ2n) is 5.53. The summed E-state index contributed by atoms with van der Waals surface area (Å²) in [4.78, 5) is 26.5. The minimum Gasteiger partial charge on any atom is -0.460 e. The van der Waals surface area contributed by atoms with Gasteiger partial charge in [-0.15, -0.1) is 0 Å². The molecule has 4 heteroatoms. The van der Waals surface area contributed by atoms with E-state index in [-0.39, 0.29) is 6.61 Å². The van der Waals surface area contributed by atoms with E-state index in [1.165, 1.54) is 5.56 Å². The molecule has 0 bridgehead atoms. The van der Waals surface area contributed by atoms with E-state index in [9.17, 15) is 9.59 Å². The van der Waals surface area contributed by atoms with Crippen LogP contribution in [0.15, 0.2) is 60.8 Å². The maximum atomic E-state index is 12.6. The van der Waals surface area contributed by atoms with E-state index in [0.29, 0.717) is 11.1 Å². The lowest BCUT2D eigenvalue weighted by Gasteiger charge is -2.16. The van der Waals surface area contributed by atoms with Crippen molar-refractivity contribution in [2.75, 3.05) is 18.1 Å². The van der Waals surface area contributed by atoms with Crippen LogP contribution in [0.4, 0.5) is 5.69 Å². The third-order valence-corrected chi connectivity index (χ3v) is 4.00. The lowest BCUT2D eigenvalue weighted by molar-refractivity contribution is -0.150. The van der Waals surface area contributed by atoms with Crippen LogP contribution in [0.25, 0.3) is 5.57 Å². The number of fused-ring (bicyclic) bond motifs is 1. The zero-order valence-electron chi connectivity index (χ0n) is 13.6. The number of anilines is 1. The fourth-order valence-electron chi connectivity index (χ4n) is 2.84. The van der Waals surface area contributed by atoms with Crippen molar-refractivity contribution in [2.45, 2.75) is 13.3 Å². The van der Waals surface area contributed by atoms with Crippen molar-refractivity contribution in [1.29, 1.82) is 0 Å². The molecule has 1 heterocycles. The van der Waals surface area contributed by atoms with Gasteiger partial charge in [0.25, 0.3) is 5.78 Å². The topological polar surface area (TPSA) is 46.6 Å². The highest BCUT2D eigenvalue weighted by Gasteiger charge is 2.24. The van der Waals surface area contributed by atoms with Crippen LogP contribution in [0, 0.1) is 0 Å². The Balaban J connectivity index is 1.99. The number of hydrogen-bond acceptors (Lipinski definition) is 4. The minimum absolute atomic E-state index is 0.180. The van der Waals surface area contributed by atoms with E-state index in [1.807, 2.05) is 53.4 Å². The van der Waals surface area contributed by atoms with Crippen LogP contribution in [0.3, 0.4) is 0 Å². The Labute approximate surface area is 141 Å². The van der Waals surface area contributed by atoms with E-state index in [0.717, 1.165) is 18.7 Å². The van der Waals surface area contributed by atoms with Gasteiger partial charge in [-0.1, -0.05) is 48.5 Å². The highest BCUT2D eigenvalue weighted by Crippen LogP contribution is 2.29. The summed E-state index contributed by atoms with van der Waals surface area (Å²) in [6, 6.07) is 17.3. The molecule has 0 unspecified atom stereocenters. The zero-order valence-corrected chi connectivity index (χ0v) is 13.6. The van der Waals surface area contributed by atoms with Crippen molar-refractivity contribution >= 4 is 23.0 Å². The molecule has 1 aliphatic heterocycles. The van der Waals surface area contributed by atoms with Crippen LogP contribution in [-0.4, -0.2) is 24.9 Å². The summed E-state index contributed by atoms with van der Waals surface area (Å²) < 4.78 is 4.89. The predicted molar refractivity (Wildman–Crippen MR) is 93.6 cm³/mol. The second-order valence-corrected chi connectivity index (χ2v) is 5.53. The summed E-state index contributed by atoms with van der Waals surface area (Å²) in [5, 5.41) is 0. The number of carbonyl (C=O) groups is 2. The molecule has 3 rings (SSSR count). The molecular formula is C20H19NO3. The van der Waals surface area contributed by atoms with Gasteiger partial charge in [-0.05, 0) is 30.5 Å². The Bertz CT molecular complexity index is 780. The Kier molecular flexibility index (Phi) is 4.75. The molecule has 24 heavy (non-hydrogen) atoms.